The largest absolute Gasteiger partial charge is 0.449 e. The number of nitrogens with zero attached hydrogens (tertiary/aromatic N) is 3. The Hall–Kier alpha value is -2.41. The number of aryl methyl sites for hydroxylation is 1. The Morgan fingerprint density at radius 2 is 1.82 bits per heavy atom. The lowest BCUT2D eigenvalue weighted by molar-refractivity contribution is -0.157. The van der Waals surface area contributed by atoms with Crippen molar-refractivity contribution < 1.29 is 14.3 Å². The molecular weight excluding hydrogens is 374 g/mol. The lowest BCUT2D eigenvalue weighted by Gasteiger charge is -2.32. The van der Waals surface area contributed by atoms with E-state index < -0.39 is 12.1 Å². The topological polar surface area (TPSA) is 64.4 Å². The van der Waals surface area contributed by atoms with Crippen LogP contribution in [-0.4, -0.2) is 44.5 Å². The maximum Gasteiger partial charge on any atom is 0.331 e. The van der Waals surface area contributed by atoms with Crippen LogP contribution in [0.1, 0.15) is 51.6 Å². The third-order valence-corrected chi connectivity index (χ3v) is 5.24. The highest BCUT2D eigenvalue weighted by molar-refractivity contribution is 7.12. The highest BCUT2D eigenvalue weighted by Crippen LogP contribution is 2.23. The first-order valence-corrected chi connectivity index (χ1v) is 10.3. The number of hydrogen-bond acceptors (Lipinski definition) is 5. The molecule has 0 bridgehead atoms. The predicted molar refractivity (Wildman–Crippen MR) is 113 cm³/mol. The van der Waals surface area contributed by atoms with Crippen LogP contribution >= 0.6 is 11.3 Å². The summed E-state index contributed by atoms with van der Waals surface area (Å²) in [5.74, 6) is -0.721. The molecule has 1 atom stereocenters. The van der Waals surface area contributed by atoms with Gasteiger partial charge in [-0.2, -0.15) is 0 Å². The van der Waals surface area contributed by atoms with E-state index >= 15 is 0 Å². The zero-order chi connectivity index (χ0) is 21.0. The van der Waals surface area contributed by atoms with Crippen molar-refractivity contribution in [1.82, 2.24) is 14.5 Å². The van der Waals surface area contributed by atoms with E-state index in [9.17, 15) is 9.59 Å². The van der Waals surface area contributed by atoms with E-state index in [-0.39, 0.29) is 18.0 Å². The zero-order valence-electron chi connectivity index (χ0n) is 17.6. The first kappa shape index (κ1) is 21.9. The van der Waals surface area contributed by atoms with E-state index in [1.807, 2.05) is 57.6 Å². The molecule has 1 unspecified atom stereocenters. The number of rotatable bonds is 7. The van der Waals surface area contributed by atoms with Crippen LogP contribution in [0.25, 0.3) is 11.2 Å². The number of hydrogen-bond donors (Lipinski definition) is 0. The van der Waals surface area contributed by atoms with Crippen LogP contribution in [0.5, 0.6) is 0 Å². The molecular formula is C21H29N3O3S. The van der Waals surface area contributed by atoms with E-state index in [4.69, 9.17) is 4.74 Å². The van der Waals surface area contributed by atoms with Gasteiger partial charge in [-0.3, -0.25) is 9.36 Å². The summed E-state index contributed by atoms with van der Waals surface area (Å²) in [6, 6.07) is 2.08. The summed E-state index contributed by atoms with van der Waals surface area (Å²) in [5, 5.41) is 2.82. The van der Waals surface area contributed by atoms with E-state index in [2.05, 4.69) is 4.98 Å². The SMILES string of the molecule is Cc1cc(/C=C/C(=O)OC(C)C(=O)N(C(C)C)C(C)C)c(C)n1-c1nccs1. The van der Waals surface area contributed by atoms with Crippen molar-refractivity contribution in [2.24, 2.45) is 0 Å². The monoisotopic (exact) mass is 403 g/mol. The summed E-state index contributed by atoms with van der Waals surface area (Å²) in [5.41, 5.74) is 2.94. The Balaban J connectivity index is 2.08. The number of carbonyl (C=O) groups is 2. The van der Waals surface area contributed by atoms with Gasteiger partial charge >= 0.3 is 5.97 Å². The minimum absolute atomic E-state index is 0.0421. The molecule has 0 saturated heterocycles. The van der Waals surface area contributed by atoms with Crippen molar-refractivity contribution in [1.29, 1.82) is 0 Å². The highest BCUT2D eigenvalue weighted by atomic mass is 32.1. The molecule has 0 aliphatic carbocycles. The van der Waals surface area contributed by atoms with Crippen LogP contribution in [0.15, 0.2) is 23.7 Å². The maximum absolute atomic E-state index is 12.6. The summed E-state index contributed by atoms with van der Waals surface area (Å²) in [6.45, 7) is 13.4. The molecule has 2 rings (SSSR count). The van der Waals surface area contributed by atoms with Crippen LogP contribution < -0.4 is 0 Å². The van der Waals surface area contributed by atoms with Crippen molar-refractivity contribution in [3.63, 3.8) is 0 Å². The molecule has 0 spiro atoms. The molecule has 0 fully saturated rings. The van der Waals surface area contributed by atoms with E-state index in [0.717, 1.165) is 22.1 Å². The van der Waals surface area contributed by atoms with Crippen LogP contribution in [-0.2, 0) is 14.3 Å². The predicted octanol–water partition coefficient (Wildman–Crippen LogP) is 4.14. The lowest BCUT2D eigenvalue weighted by atomic mass is 10.2. The molecule has 0 aliphatic rings. The number of esters is 1. The van der Waals surface area contributed by atoms with Crippen molar-refractivity contribution >= 4 is 29.3 Å². The molecule has 2 heterocycles. The van der Waals surface area contributed by atoms with E-state index in [1.54, 1.807) is 35.4 Å². The smallest absolute Gasteiger partial charge is 0.331 e. The van der Waals surface area contributed by atoms with Gasteiger partial charge in [0.05, 0.1) is 0 Å². The summed E-state index contributed by atoms with van der Waals surface area (Å²) >= 11 is 1.55. The second-order valence-corrected chi connectivity index (χ2v) is 8.20. The van der Waals surface area contributed by atoms with Crippen LogP contribution in [0.3, 0.4) is 0 Å². The molecule has 0 N–H and O–H groups in total. The summed E-state index contributed by atoms with van der Waals surface area (Å²) < 4.78 is 7.38. The number of ether oxygens (including phenoxy) is 1. The van der Waals surface area contributed by atoms with Gasteiger partial charge in [0.1, 0.15) is 0 Å². The van der Waals surface area contributed by atoms with Crippen molar-refractivity contribution in [2.75, 3.05) is 0 Å². The Labute approximate surface area is 170 Å². The molecule has 1 amide bonds. The van der Waals surface area contributed by atoms with Crippen molar-refractivity contribution in [2.45, 2.75) is 66.7 Å². The molecule has 2 aromatic rings. The first-order valence-electron chi connectivity index (χ1n) is 9.43. The third-order valence-electron chi connectivity index (χ3n) is 4.49. The highest BCUT2D eigenvalue weighted by Gasteiger charge is 2.27. The van der Waals surface area contributed by atoms with Gasteiger partial charge in [-0.1, -0.05) is 0 Å². The van der Waals surface area contributed by atoms with Gasteiger partial charge in [0.25, 0.3) is 5.91 Å². The summed E-state index contributed by atoms with van der Waals surface area (Å²) in [7, 11) is 0. The molecule has 152 valence electrons. The molecule has 0 aromatic carbocycles. The Bertz CT molecular complexity index is 843. The summed E-state index contributed by atoms with van der Waals surface area (Å²) in [6.07, 6.45) is 4.02. The molecule has 2 aromatic heterocycles. The van der Waals surface area contributed by atoms with Gasteiger partial charge in [0, 0.05) is 41.1 Å². The van der Waals surface area contributed by atoms with Gasteiger partial charge in [0.15, 0.2) is 11.2 Å². The lowest BCUT2D eigenvalue weighted by Crippen LogP contribution is -2.47. The second kappa shape index (κ2) is 9.19. The van der Waals surface area contributed by atoms with E-state index in [0.29, 0.717) is 0 Å². The first-order chi connectivity index (χ1) is 13.1. The average Bonchev–Trinajstić information content (AvgIpc) is 3.20. The molecule has 6 nitrogen and oxygen atoms in total. The molecule has 7 heteroatoms. The minimum Gasteiger partial charge on any atom is -0.449 e. The Morgan fingerprint density at radius 1 is 1.18 bits per heavy atom. The zero-order valence-corrected chi connectivity index (χ0v) is 18.4. The second-order valence-electron chi connectivity index (χ2n) is 7.32. The Kier molecular flexibility index (Phi) is 7.18. The number of thiazole rings is 1. The minimum atomic E-state index is -0.829. The Morgan fingerprint density at radius 3 is 2.36 bits per heavy atom. The fourth-order valence-corrected chi connectivity index (χ4v) is 4.07. The molecule has 28 heavy (non-hydrogen) atoms. The van der Waals surface area contributed by atoms with Gasteiger partial charge in [-0.25, -0.2) is 9.78 Å². The van der Waals surface area contributed by atoms with Crippen LogP contribution in [0.2, 0.25) is 0 Å². The average molecular weight is 404 g/mol. The van der Waals surface area contributed by atoms with Gasteiger partial charge < -0.3 is 9.64 Å². The van der Waals surface area contributed by atoms with Crippen molar-refractivity contribution in [3.8, 4) is 5.13 Å². The van der Waals surface area contributed by atoms with E-state index in [1.165, 1.54) is 6.08 Å². The van der Waals surface area contributed by atoms with Gasteiger partial charge in [-0.05, 0) is 66.2 Å². The normalized spacial score (nSPS) is 12.8. The molecule has 0 radical (unpaired) electrons. The third kappa shape index (κ3) is 4.90. The standard InChI is InChI=1S/C21H29N3O3S/c1-13(2)23(14(3)4)20(26)17(7)27-19(25)9-8-18-12-15(5)24(16(18)6)21-22-10-11-28-21/h8-14,17H,1-7H3/b9-8+. The molecule has 0 saturated carbocycles. The van der Waals surface area contributed by atoms with Crippen LogP contribution in [0, 0.1) is 13.8 Å². The van der Waals surface area contributed by atoms with Gasteiger partial charge in [-0.15, -0.1) is 11.3 Å². The number of amides is 1. The number of aromatic nitrogens is 2. The fraction of sp³-hybridized carbons (Fsp3) is 0.476. The fourth-order valence-electron chi connectivity index (χ4n) is 3.31. The summed E-state index contributed by atoms with van der Waals surface area (Å²) in [4.78, 5) is 30.9. The number of carbonyl (C=O) groups excluding carboxylic acids is 2. The van der Waals surface area contributed by atoms with Crippen molar-refractivity contribution in [3.05, 3.63) is 40.7 Å². The maximum atomic E-state index is 12.6. The van der Waals surface area contributed by atoms with Gasteiger partial charge in [0.2, 0.25) is 0 Å². The quantitative estimate of drug-likeness (QED) is 0.515. The molecule has 0 aliphatic heterocycles. The van der Waals surface area contributed by atoms with Crippen LogP contribution in [0.4, 0.5) is 0 Å².